The van der Waals surface area contributed by atoms with Gasteiger partial charge < -0.3 is 10.1 Å². The van der Waals surface area contributed by atoms with Gasteiger partial charge in [0.2, 0.25) is 0 Å². The van der Waals surface area contributed by atoms with Crippen molar-refractivity contribution in [3.8, 4) is 0 Å². The van der Waals surface area contributed by atoms with Gasteiger partial charge in [-0.1, -0.05) is 6.07 Å². The summed E-state index contributed by atoms with van der Waals surface area (Å²) < 4.78 is 4.89. The number of nitrogens with one attached hydrogen (secondary N) is 2. The van der Waals surface area contributed by atoms with Gasteiger partial charge in [0, 0.05) is 37.5 Å². The molecule has 0 radical (unpaired) electrons. The van der Waals surface area contributed by atoms with E-state index in [-0.39, 0.29) is 16.4 Å². The highest BCUT2D eigenvalue weighted by atomic mass is 32.1. The third-order valence-electron chi connectivity index (χ3n) is 2.71. The van der Waals surface area contributed by atoms with E-state index in [0.29, 0.717) is 18.7 Å². The van der Waals surface area contributed by atoms with Gasteiger partial charge in [0.05, 0.1) is 4.92 Å². The van der Waals surface area contributed by atoms with Crippen LogP contribution >= 0.6 is 12.2 Å². The number of hydrogen-bond donors (Lipinski definition) is 2. The lowest BCUT2D eigenvalue weighted by Gasteiger charge is -2.09. The van der Waals surface area contributed by atoms with Crippen LogP contribution in [-0.2, 0) is 4.74 Å². The second kappa shape index (κ2) is 8.28. The van der Waals surface area contributed by atoms with Crippen LogP contribution in [0.15, 0.2) is 18.2 Å². The Balaban J connectivity index is 2.61. The number of thiocarbonyl (C=S) groups is 1. The lowest BCUT2D eigenvalue weighted by Crippen LogP contribution is -2.39. The van der Waals surface area contributed by atoms with Gasteiger partial charge in [-0.15, -0.1) is 0 Å². The van der Waals surface area contributed by atoms with Gasteiger partial charge in [0.25, 0.3) is 11.6 Å². The van der Waals surface area contributed by atoms with Crippen molar-refractivity contribution >= 4 is 28.9 Å². The average molecular weight is 311 g/mol. The van der Waals surface area contributed by atoms with Gasteiger partial charge >= 0.3 is 0 Å². The number of aryl methyl sites for hydroxylation is 1. The zero-order valence-electron chi connectivity index (χ0n) is 11.8. The van der Waals surface area contributed by atoms with Gasteiger partial charge in [0.1, 0.15) is 0 Å². The van der Waals surface area contributed by atoms with Crippen molar-refractivity contribution in [2.24, 2.45) is 0 Å². The number of hydrogen-bond acceptors (Lipinski definition) is 5. The number of rotatable bonds is 6. The predicted molar refractivity (Wildman–Crippen MR) is 82.4 cm³/mol. The van der Waals surface area contributed by atoms with E-state index < -0.39 is 10.8 Å². The normalized spacial score (nSPS) is 10.0. The van der Waals surface area contributed by atoms with Crippen LogP contribution in [0.1, 0.15) is 22.3 Å². The summed E-state index contributed by atoms with van der Waals surface area (Å²) in [4.78, 5) is 22.3. The maximum Gasteiger partial charge on any atom is 0.273 e. The molecule has 0 saturated heterocycles. The Morgan fingerprint density at radius 2 is 2.19 bits per heavy atom. The first kappa shape index (κ1) is 17.0. The lowest BCUT2D eigenvalue weighted by molar-refractivity contribution is -0.385. The number of carbonyl (C=O) groups is 1. The number of nitro benzene ring substituents is 1. The van der Waals surface area contributed by atoms with Crippen LogP contribution in [0.25, 0.3) is 0 Å². The Kier molecular flexibility index (Phi) is 6.70. The number of methoxy groups -OCH3 is 1. The fourth-order valence-electron chi connectivity index (χ4n) is 1.59. The number of ether oxygens (including phenoxy) is 1. The van der Waals surface area contributed by atoms with Crippen molar-refractivity contribution in [2.75, 3.05) is 20.3 Å². The molecule has 8 heteroatoms. The van der Waals surface area contributed by atoms with Gasteiger partial charge in [0.15, 0.2) is 5.11 Å². The highest BCUT2D eigenvalue weighted by molar-refractivity contribution is 7.80. The van der Waals surface area contributed by atoms with Crippen LogP contribution in [0.4, 0.5) is 5.69 Å². The summed E-state index contributed by atoms with van der Waals surface area (Å²) in [6.45, 7) is 2.77. The summed E-state index contributed by atoms with van der Waals surface area (Å²) in [6, 6.07) is 4.28. The third kappa shape index (κ3) is 5.44. The zero-order chi connectivity index (χ0) is 15.8. The maximum atomic E-state index is 11.9. The van der Waals surface area contributed by atoms with Crippen LogP contribution in [0.5, 0.6) is 0 Å². The Morgan fingerprint density at radius 3 is 2.81 bits per heavy atom. The SMILES string of the molecule is COCCCNC(=S)NC(=O)c1ccc(C)c([N+](=O)[O-])c1. The smallest absolute Gasteiger partial charge is 0.273 e. The fraction of sp³-hybridized carbons (Fsp3) is 0.385. The minimum atomic E-state index is -0.520. The summed E-state index contributed by atoms with van der Waals surface area (Å²) in [5, 5.41) is 16.4. The van der Waals surface area contributed by atoms with E-state index in [2.05, 4.69) is 10.6 Å². The first-order valence-electron chi connectivity index (χ1n) is 6.29. The monoisotopic (exact) mass is 311 g/mol. The van der Waals surface area contributed by atoms with Crippen molar-refractivity contribution < 1.29 is 14.5 Å². The molecule has 0 aliphatic heterocycles. The summed E-state index contributed by atoms with van der Waals surface area (Å²) in [5.41, 5.74) is 0.590. The van der Waals surface area contributed by atoms with E-state index in [1.54, 1.807) is 14.0 Å². The van der Waals surface area contributed by atoms with Crippen molar-refractivity contribution in [1.29, 1.82) is 0 Å². The topological polar surface area (TPSA) is 93.5 Å². The van der Waals surface area contributed by atoms with Gasteiger partial charge in [-0.25, -0.2) is 0 Å². The third-order valence-corrected chi connectivity index (χ3v) is 2.95. The van der Waals surface area contributed by atoms with E-state index in [4.69, 9.17) is 17.0 Å². The molecule has 0 unspecified atom stereocenters. The molecule has 0 atom stereocenters. The van der Waals surface area contributed by atoms with E-state index in [1.165, 1.54) is 18.2 Å². The molecular weight excluding hydrogens is 294 g/mol. The zero-order valence-corrected chi connectivity index (χ0v) is 12.7. The summed E-state index contributed by atoms with van der Waals surface area (Å²) >= 11 is 4.97. The molecule has 2 N–H and O–H groups in total. The molecule has 7 nitrogen and oxygen atoms in total. The van der Waals surface area contributed by atoms with E-state index in [1.807, 2.05) is 0 Å². The van der Waals surface area contributed by atoms with Crippen LogP contribution in [0, 0.1) is 17.0 Å². The minimum Gasteiger partial charge on any atom is -0.385 e. The molecule has 21 heavy (non-hydrogen) atoms. The first-order valence-corrected chi connectivity index (χ1v) is 6.69. The molecule has 0 saturated carbocycles. The molecule has 114 valence electrons. The standard InChI is InChI=1S/C13H17N3O4S/c1-9-4-5-10(8-11(9)16(18)19)12(17)15-13(21)14-6-3-7-20-2/h4-5,8H,3,6-7H2,1-2H3,(H2,14,15,17,21). The van der Waals surface area contributed by atoms with E-state index >= 15 is 0 Å². The van der Waals surface area contributed by atoms with Crippen LogP contribution in [-0.4, -0.2) is 36.2 Å². The molecule has 0 fully saturated rings. The number of benzene rings is 1. The second-order valence-electron chi connectivity index (χ2n) is 4.31. The van der Waals surface area contributed by atoms with Crippen molar-refractivity contribution in [3.05, 3.63) is 39.4 Å². The van der Waals surface area contributed by atoms with Crippen molar-refractivity contribution in [1.82, 2.24) is 10.6 Å². The Bertz CT molecular complexity index is 548. The van der Waals surface area contributed by atoms with Gasteiger partial charge in [-0.2, -0.15) is 0 Å². The van der Waals surface area contributed by atoms with Crippen molar-refractivity contribution in [2.45, 2.75) is 13.3 Å². The largest absolute Gasteiger partial charge is 0.385 e. The molecule has 0 spiro atoms. The highest BCUT2D eigenvalue weighted by Crippen LogP contribution is 2.19. The van der Waals surface area contributed by atoms with Crippen LogP contribution < -0.4 is 10.6 Å². The Morgan fingerprint density at radius 1 is 1.48 bits per heavy atom. The van der Waals surface area contributed by atoms with E-state index in [0.717, 1.165) is 6.42 Å². The molecule has 0 aliphatic rings. The highest BCUT2D eigenvalue weighted by Gasteiger charge is 2.15. The van der Waals surface area contributed by atoms with Crippen LogP contribution in [0.2, 0.25) is 0 Å². The molecule has 1 rings (SSSR count). The van der Waals surface area contributed by atoms with Gasteiger partial charge in [-0.05, 0) is 31.6 Å². The summed E-state index contributed by atoms with van der Waals surface area (Å²) in [7, 11) is 1.60. The number of amides is 1. The molecule has 1 aromatic rings. The fourth-order valence-corrected chi connectivity index (χ4v) is 1.78. The molecule has 1 amide bonds. The molecule has 0 bridgehead atoms. The first-order chi connectivity index (χ1) is 9.95. The summed E-state index contributed by atoms with van der Waals surface area (Å²) in [5.74, 6) is -0.484. The second-order valence-corrected chi connectivity index (χ2v) is 4.72. The molecule has 1 aromatic carbocycles. The Hall–Kier alpha value is -2.06. The van der Waals surface area contributed by atoms with Crippen LogP contribution in [0.3, 0.4) is 0 Å². The minimum absolute atomic E-state index is 0.0957. The molecule has 0 aliphatic carbocycles. The quantitative estimate of drug-likeness (QED) is 0.358. The number of nitro groups is 1. The lowest BCUT2D eigenvalue weighted by atomic mass is 10.1. The van der Waals surface area contributed by atoms with Crippen molar-refractivity contribution in [3.63, 3.8) is 0 Å². The van der Waals surface area contributed by atoms with Gasteiger partial charge in [-0.3, -0.25) is 20.2 Å². The maximum absolute atomic E-state index is 11.9. The summed E-state index contributed by atoms with van der Waals surface area (Å²) in [6.07, 6.45) is 0.752. The number of nitrogens with zero attached hydrogens (tertiary/aromatic N) is 1. The Labute approximate surface area is 127 Å². The average Bonchev–Trinajstić information content (AvgIpc) is 2.43. The predicted octanol–water partition coefficient (Wildman–Crippen LogP) is 1.54. The molecule has 0 heterocycles. The van der Waals surface area contributed by atoms with E-state index in [9.17, 15) is 14.9 Å². The molecule has 0 aromatic heterocycles. The number of carbonyl (C=O) groups excluding carboxylic acids is 1. The molecular formula is C13H17N3O4S.